The van der Waals surface area contributed by atoms with Crippen LogP contribution in [0, 0.1) is 11.6 Å². The zero-order valence-corrected chi connectivity index (χ0v) is 18.0. The molecule has 32 heavy (non-hydrogen) atoms. The predicted octanol–water partition coefficient (Wildman–Crippen LogP) is 3.12. The molecular weight excluding hydrogens is 442 g/mol. The third-order valence-electron chi connectivity index (χ3n) is 4.50. The SMILES string of the molecule is C=CS(=O)(=O)NCc1cccc(Oc2ccc(F)cc2F)c1-c1cc(NC)c(=O)n(C)n1. The van der Waals surface area contributed by atoms with Crippen molar-refractivity contribution < 1.29 is 21.9 Å². The standard InChI is InChI=1S/C21H20F2N4O4S/c1-4-32(29,30)25-12-13-6-5-7-19(31-18-9-8-14(22)10-15(18)23)20(13)16-11-17(24-2)21(28)27(3)26-16/h4-11,24-25H,1,12H2,2-3H3. The van der Waals surface area contributed by atoms with Crippen LogP contribution < -0.4 is 20.3 Å². The Kier molecular flexibility index (Phi) is 6.70. The molecule has 0 amide bonds. The molecule has 0 unspecified atom stereocenters. The van der Waals surface area contributed by atoms with E-state index in [1.165, 1.54) is 19.2 Å². The van der Waals surface area contributed by atoms with Crippen molar-refractivity contribution in [1.82, 2.24) is 14.5 Å². The predicted molar refractivity (Wildman–Crippen MR) is 117 cm³/mol. The van der Waals surface area contributed by atoms with Crippen molar-refractivity contribution in [3.05, 3.63) is 82.0 Å². The number of anilines is 1. The van der Waals surface area contributed by atoms with E-state index in [-0.39, 0.29) is 35.0 Å². The molecule has 3 rings (SSSR count). The van der Waals surface area contributed by atoms with Gasteiger partial charge in [-0.2, -0.15) is 5.10 Å². The van der Waals surface area contributed by atoms with Crippen LogP contribution in [0.5, 0.6) is 11.5 Å². The summed E-state index contributed by atoms with van der Waals surface area (Å²) in [6, 6.07) is 9.06. The Morgan fingerprint density at radius 1 is 1.19 bits per heavy atom. The van der Waals surface area contributed by atoms with Crippen LogP contribution in [0.3, 0.4) is 0 Å². The van der Waals surface area contributed by atoms with Crippen LogP contribution in [0.25, 0.3) is 11.3 Å². The smallest absolute Gasteiger partial charge is 0.289 e. The second-order valence-electron chi connectivity index (χ2n) is 6.62. The third-order valence-corrected chi connectivity index (χ3v) is 5.48. The highest BCUT2D eigenvalue weighted by Gasteiger charge is 2.19. The Balaban J connectivity index is 2.19. The van der Waals surface area contributed by atoms with Gasteiger partial charge in [0.2, 0.25) is 10.0 Å². The fourth-order valence-electron chi connectivity index (χ4n) is 2.92. The number of nitrogens with zero attached hydrogens (tertiary/aromatic N) is 2. The molecule has 0 aliphatic carbocycles. The minimum atomic E-state index is -3.74. The van der Waals surface area contributed by atoms with Gasteiger partial charge >= 0.3 is 0 Å². The van der Waals surface area contributed by atoms with Crippen molar-refractivity contribution in [3.63, 3.8) is 0 Å². The number of ether oxygens (including phenoxy) is 1. The number of aryl methyl sites for hydroxylation is 1. The van der Waals surface area contributed by atoms with Gasteiger partial charge in [-0.05, 0) is 29.8 Å². The minimum absolute atomic E-state index is 0.124. The van der Waals surface area contributed by atoms with Crippen LogP contribution in [-0.4, -0.2) is 25.2 Å². The quantitative estimate of drug-likeness (QED) is 0.533. The second-order valence-corrected chi connectivity index (χ2v) is 8.33. The number of rotatable bonds is 8. The lowest BCUT2D eigenvalue weighted by atomic mass is 10.0. The fourth-order valence-corrected chi connectivity index (χ4v) is 3.40. The van der Waals surface area contributed by atoms with Gasteiger partial charge in [-0.1, -0.05) is 18.7 Å². The first-order chi connectivity index (χ1) is 15.1. The molecule has 1 heterocycles. The number of aromatic nitrogens is 2. The van der Waals surface area contributed by atoms with Gasteiger partial charge in [-0.3, -0.25) is 4.79 Å². The van der Waals surface area contributed by atoms with E-state index in [0.29, 0.717) is 17.2 Å². The lowest BCUT2D eigenvalue weighted by molar-refractivity contribution is 0.438. The van der Waals surface area contributed by atoms with E-state index >= 15 is 0 Å². The van der Waals surface area contributed by atoms with Gasteiger partial charge in [0.15, 0.2) is 11.6 Å². The van der Waals surface area contributed by atoms with E-state index in [9.17, 15) is 22.0 Å². The summed E-state index contributed by atoms with van der Waals surface area (Å²) in [7, 11) is -0.724. The molecule has 0 fully saturated rings. The summed E-state index contributed by atoms with van der Waals surface area (Å²) in [6.45, 7) is 3.09. The van der Waals surface area contributed by atoms with E-state index in [1.54, 1.807) is 19.2 Å². The summed E-state index contributed by atoms with van der Waals surface area (Å²) >= 11 is 0. The fraction of sp³-hybridized carbons (Fsp3) is 0.143. The van der Waals surface area contributed by atoms with Crippen LogP contribution in [0.4, 0.5) is 14.5 Å². The summed E-state index contributed by atoms with van der Waals surface area (Å²) in [6.07, 6.45) is 0. The number of hydrogen-bond donors (Lipinski definition) is 2. The van der Waals surface area contributed by atoms with Gasteiger partial charge in [0.25, 0.3) is 5.56 Å². The maximum absolute atomic E-state index is 14.2. The van der Waals surface area contributed by atoms with Gasteiger partial charge in [-0.25, -0.2) is 26.6 Å². The molecule has 0 saturated heterocycles. The summed E-state index contributed by atoms with van der Waals surface area (Å²) < 4.78 is 60.4. The third kappa shape index (κ3) is 5.01. The molecule has 0 aliphatic heterocycles. The van der Waals surface area contributed by atoms with E-state index in [1.807, 2.05) is 0 Å². The number of sulfonamides is 1. The maximum atomic E-state index is 14.2. The van der Waals surface area contributed by atoms with Crippen LogP contribution in [0.1, 0.15) is 5.56 Å². The molecule has 0 saturated carbocycles. The van der Waals surface area contributed by atoms with Crippen LogP contribution in [-0.2, 0) is 23.6 Å². The largest absolute Gasteiger partial charge is 0.454 e. The molecule has 2 aromatic carbocycles. The van der Waals surface area contributed by atoms with Crippen molar-refractivity contribution in [1.29, 1.82) is 0 Å². The van der Waals surface area contributed by atoms with Crippen molar-refractivity contribution in [3.8, 4) is 22.8 Å². The van der Waals surface area contributed by atoms with E-state index < -0.39 is 21.7 Å². The summed E-state index contributed by atoms with van der Waals surface area (Å²) in [4.78, 5) is 12.2. The molecule has 11 heteroatoms. The van der Waals surface area contributed by atoms with Gasteiger partial charge in [0.1, 0.15) is 17.3 Å². The molecule has 0 radical (unpaired) electrons. The monoisotopic (exact) mass is 462 g/mol. The lowest BCUT2D eigenvalue weighted by Gasteiger charge is -2.17. The van der Waals surface area contributed by atoms with E-state index in [4.69, 9.17) is 4.74 Å². The van der Waals surface area contributed by atoms with Crippen LogP contribution in [0.2, 0.25) is 0 Å². The molecule has 1 aromatic heterocycles. The highest BCUT2D eigenvalue weighted by molar-refractivity contribution is 7.92. The van der Waals surface area contributed by atoms with Crippen molar-refractivity contribution >= 4 is 15.7 Å². The highest BCUT2D eigenvalue weighted by Crippen LogP contribution is 2.36. The zero-order valence-electron chi connectivity index (χ0n) is 17.2. The molecule has 0 aliphatic rings. The molecule has 0 bridgehead atoms. The molecule has 0 spiro atoms. The van der Waals surface area contributed by atoms with E-state index in [0.717, 1.165) is 22.2 Å². The Bertz CT molecular complexity index is 1340. The van der Waals surface area contributed by atoms with Gasteiger partial charge in [0.05, 0.1) is 5.69 Å². The highest BCUT2D eigenvalue weighted by atomic mass is 32.2. The molecule has 168 valence electrons. The normalized spacial score (nSPS) is 11.2. The molecule has 8 nitrogen and oxygen atoms in total. The first-order valence-electron chi connectivity index (χ1n) is 9.28. The lowest BCUT2D eigenvalue weighted by Crippen LogP contribution is -2.23. The van der Waals surface area contributed by atoms with Crippen molar-refractivity contribution in [2.24, 2.45) is 7.05 Å². The maximum Gasteiger partial charge on any atom is 0.289 e. The first-order valence-corrected chi connectivity index (χ1v) is 10.8. The number of benzene rings is 2. The second kappa shape index (κ2) is 9.28. The summed E-state index contributed by atoms with van der Waals surface area (Å²) in [5.41, 5.74) is 0.868. The van der Waals surface area contributed by atoms with Gasteiger partial charge in [0, 0.05) is 37.7 Å². The average Bonchev–Trinajstić information content (AvgIpc) is 2.76. The van der Waals surface area contributed by atoms with Crippen molar-refractivity contribution in [2.45, 2.75) is 6.54 Å². The Morgan fingerprint density at radius 2 is 1.94 bits per heavy atom. The Labute approximate surface area is 183 Å². The van der Waals surface area contributed by atoms with Crippen LogP contribution >= 0.6 is 0 Å². The Morgan fingerprint density at radius 3 is 2.59 bits per heavy atom. The number of halogens is 2. The summed E-state index contributed by atoms with van der Waals surface area (Å²) in [5, 5.41) is 7.79. The van der Waals surface area contributed by atoms with Crippen LogP contribution in [0.15, 0.2) is 59.2 Å². The zero-order chi connectivity index (χ0) is 23.5. The molecule has 0 atom stereocenters. The van der Waals surface area contributed by atoms with Gasteiger partial charge < -0.3 is 10.1 Å². The van der Waals surface area contributed by atoms with Crippen molar-refractivity contribution in [2.75, 3.05) is 12.4 Å². The topological polar surface area (TPSA) is 102 Å². The number of hydrogen-bond acceptors (Lipinski definition) is 6. The first kappa shape index (κ1) is 23.1. The summed E-state index contributed by atoms with van der Waals surface area (Å²) in [5.74, 6) is -1.80. The van der Waals surface area contributed by atoms with Gasteiger partial charge in [-0.15, -0.1) is 0 Å². The number of nitrogens with one attached hydrogen (secondary N) is 2. The minimum Gasteiger partial charge on any atom is -0.454 e. The molecule has 3 aromatic rings. The average molecular weight is 462 g/mol. The van der Waals surface area contributed by atoms with E-state index in [2.05, 4.69) is 21.7 Å². The Hall–Kier alpha value is -3.57. The molecule has 2 N–H and O–H groups in total. The molecular formula is C21H20F2N4O4S.